The molecule has 0 saturated heterocycles. The molecule has 2 N–H and O–H groups in total. The number of aliphatic hydroxyl groups is 1. The minimum atomic E-state index is -0.117. The topological polar surface area (TPSA) is 58.6 Å². The van der Waals surface area contributed by atoms with Crippen LogP contribution in [-0.4, -0.2) is 24.7 Å². The Kier molecular flexibility index (Phi) is 5.80. The van der Waals surface area contributed by atoms with Gasteiger partial charge < -0.3 is 15.2 Å². The standard InChI is InChI=1S/C12H16ClNO3/c1-17-9-5-6-10(13)11(8-9)14-12(16)4-2-3-7-15/h5-6,8,15H,2-4,7H2,1H3,(H,14,16). The smallest absolute Gasteiger partial charge is 0.224 e. The molecule has 0 unspecified atom stereocenters. The van der Waals surface area contributed by atoms with Gasteiger partial charge in [0.05, 0.1) is 17.8 Å². The fraction of sp³-hybridized carbons (Fsp3) is 0.417. The Morgan fingerprint density at radius 3 is 2.88 bits per heavy atom. The van der Waals surface area contributed by atoms with Gasteiger partial charge in [0.2, 0.25) is 5.91 Å². The number of aliphatic hydroxyl groups excluding tert-OH is 1. The van der Waals surface area contributed by atoms with Crippen LogP contribution in [0, 0.1) is 0 Å². The number of rotatable bonds is 6. The zero-order valence-electron chi connectivity index (χ0n) is 9.70. The van der Waals surface area contributed by atoms with Crippen molar-refractivity contribution in [1.82, 2.24) is 0 Å². The molecule has 0 atom stereocenters. The van der Waals surface area contributed by atoms with Gasteiger partial charge in [-0.25, -0.2) is 0 Å². The Hall–Kier alpha value is -1.26. The molecule has 4 nitrogen and oxygen atoms in total. The van der Waals surface area contributed by atoms with Crippen molar-refractivity contribution in [3.8, 4) is 5.75 Å². The van der Waals surface area contributed by atoms with Gasteiger partial charge in [0.1, 0.15) is 5.75 Å². The summed E-state index contributed by atoms with van der Waals surface area (Å²) in [5.74, 6) is 0.522. The van der Waals surface area contributed by atoms with E-state index in [9.17, 15) is 4.79 Å². The minimum absolute atomic E-state index is 0.104. The third kappa shape index (κ3) is 4.63. The van der Waals surface area contributed by atoms with Gasteiger partial charge in [-0.15, -0.1) is 0 Å². The maximum Gasteiger partial charge on any atom is 0.224 e. The van der Waals surface area contributed by atoms with Crippen molar-refractivity contribution < 1.29 is 14.6 Å². The lowest BCUT2D eigenvalue weighted by Crippen LogP contribution is -2.11. The van der Waals surface area contributed by atoms with E-state index in [1.807, 2.05) is 0 Å². The number of hydrogen-bond donors (Lipinski definition) is 2. The summed E-state index contributed by atoms with van der Waals surface area (Å²) in [5.41, 5.74) is 0.542. The van der Waals surface area contributed by atoms with Crippen LogP contribution in [0.2, 0.25) is 5.02 Å². The molecule has 1 amide bonds. The molecule has 0 aliphatic carbocycles. The molecule has 1 aromatic carbocycles. The van der Waals surface area contributed by atoms with Gasteiger partial charge in [-0.1, -0.05) is 11.6 Å². The van der Waals surface area contributed by atoms with Crippen molar-refractivity contribution in [3.63, 3.8) is 0 Å². The van der Waals surface area contributed by atoms with Crippen molar-refractivity contribution in [2.24, 2.45) is 0 Å². The monoisotopic (exact) mass is 257 g/mol. The van der Waals surface area contributed by atoms with E-state index in [0.29, 0.717) is 35.7 Å². The van der Waals surface area contributed by atoms with Crippen molar-refractivity contribution >= 4 is 23.2 Å². The fourth-order valence-electron chi connectivity index (χ4n) is 1.34. The average molecular weight is 258 g/mol. The van der Waals surface area contributed by atoms with E-state index < -0.39 is 0 Å². The van der Waals surface area contributed by atoms with Crippen molar-refractivity contribution in [2.45, 2.75) is 19.3 Å². The summed E-state index contributed by atoms with van der Waals surface area (Å²) in [6, 6.07) is 5.07. The highest BCUT2D eigenvalue weighted by Crippen LogP contribution is 2.26. The van der Waals surface area contributed by atoms with Crippen molar-refractivity contribution in [2.75, 3.05) is 19.0 Å². The Bertz CT molecular complexity index is 382. The van der Waals surface area contributed by atoms with E-state index in [0.717, 1.165) is 0 Å². The largest absolute Gasteiger partial charge is 0.497 e. The fourth-order valence-corrected chi connectivity index (χ4v) is 1.50. The van der Waals surface area contributed by atoms with E-state index >= 15 is 0 Å². The number of amides is 1. The van der Waals surface area contributed by atoms with E-state index in [2.05, 4.69) is 5.32 Å². The van der Waals surface area contributed by atoms with Gasteiger partial charge in [0.25, 0.3) is 0 Å². The first kappa shape index (κ1) is 13.8. The number of anilines is 1. The van der Waals surface area contributed by atoms with Gasteiger partial charge in [-0.3, -0.25) is 4.79 Å². The molecule has 0 aliphatic rings. The summed E-state index contributed by atoms with van der Waals surface area (Å²) in [4.78, 5) is 11.5. The molecule has 0 spiro atoms. The third-order valence-corrected chi connectivity index (χ3v) is 2.59. The van der Waals surface area contributed by atoms with Crippen LogP contribution in [0.1, 0.15) is 19.3 Å². The molecule has 0 heterocycles. The molecule has 0 saturated carbocycles. The Morgan fingerprint density at radius 2 is 2.24 bits per heavy atom. The molecule has 0 aromatic heterocycles. The molecule has 94 valence electrons. The highest BCUT2D eigenvalue weighted by atomic mass is 35.5. The van der Waals surface area contributed by atoms with Crippen LogP contribution in [0.15, 0.2) is 18.2 Å². The van der Waals surface area contributed by atoms with E-state index in [4.69, 9.17) is 21.4 Å². The molecular formula is C12H16ClNO3. The molecule has 0 fully saturated rings. The SMILES string of the molecule is COc1ccc(Cl)c(NC(=O)CCCCO)c1. The van der Waals surface area contributed by atoms with Crippen LogP contribution in [0.5, 0.6) is 5.75 Å². The normalized spacial score (nSPS) is 10.1. The van der Waals surface area contributed by atoms with E-state index in [-0.39, 0.29) is 12.5 Å². The van der Waals surface area contributed by atoms with Crippen LogP contribution in [0.3, 0.4) is 0 Å². The molecule has 1 aromatic rings. The minimum Gasteiger partial charge on any atom is -0.497 e. The number of benzene rings is 1. The number of halogens is 1. The van der Waals surface area contributed by atoms with Gasteiger partial charge >= 0.3 is 0 Å². The number of unbranched alkanes of at least 4 members (excludes halogenated alkanes) is 1. The molecule has 0 aliphatic heterocycles. The summed E-state index contributed by atoms with van der Waals surface area (Å²) >= 11 is 5.95. The third-order valence-electron chi connectivity index (χ3n) is 2.26. The Balaban J connectivity index is 2.57. The lowest BCUT2D eigenvalue weighted by molar-refractivity contribution is -0.116. The van der Waals surface area contributed by atoms with Crippen molar-refractivity contribution in [1.29, 1.82) is 0 Å². The number of ether oxygens (including phenoxy) is 1. The maximum absolute atomic E-state index is 11.5. The second kappa shape index (κ2) is 7.14. The summed E-state index contributed by atoms with van der Waals surface area (Å²) in [5, 5.41) is 11.8. The van der Waals surface area contributed by atoms with E-state index in [1.54, 1.807) is 25.3 Å². The van der Waals surface area contributed by atoms with Gasteiger partial charge in [0, 0.05) is 19.1 Å². The van der Waals surface area contributed by atoms with Crippen LogP contribution in [0.4, 0.5) is 5.69 Å². The molecule has 17 heavy (non-hydrogen) atoms. The number of methoxy groups -OCH3 is 1. The summed E-state index contributed by atoms with van der Waals surface area (Å²) in [7, 11) is 1.55. The second-order valence-corrected chi connectivity index (χ2v) is 3.98. The summed E-state index contributed by atoms with van der Waals surface area (Å²) < 4.78 is 5.05. The van der Waals surface area contributed by atoms with Gasteiger partial charge in [0.15, 0.2) is 0 Å². The van der Waals surface area contributed by atoms with Crippen LogP contribution >= 0.6 is 11.6 Å². The number of hydrogen-bond acceptors (Lipinski definition) is 3. The second-order valence-electron chi connectivity index (χ2n) is 3.57. The quantitative estimate of drug-likeness (QED) is 0.770. The first-order valence-corrected chi connectivity index (χ1v) is 5.79. The van der Waals surface area contributed by atoms with Crippen LogP contribution < -0.4 is 10.1 Å². The molecule has 5 heteroatoms. The first-order chi connectivity index (χ1) is 8.17. The van der Waals surface area contributed by atoms with Crippen LogP contribution in [-0.2, 0) is 4.79 Å². The molecule has 1 rings (SSSR count). The zero-order chi connectivity index (χ0) is 12.7. The Labute approximate surface area is 106 Å². The van der Waals surface area contributed by atoms with Gasteiger partial charge in [-0.2, -0.15) is 0 Å². The lowest BCUT2D eigenvalue weighted by atomic mass is 10.2. The Morgan fingerprint density at radius 1 is 1.47 bits per heavy atom. The average Bonchev–Trinajstić information content (AvgIpc) is 2.32. The summed E-state index contributed by atoms with van der Waals surface area (Å²) in [6.07, 6.45) is 1.65. The van der Waals surface area contributed by atoms with Crippen molar-refractivity contribution in [3.05, 3.63) is 23.2 Å². The highest BCUT2D eigenvalue weighted by molar-refractivity contribution is 6.33. The number of carbonyl (C=O) groups is 1. The number of nitrogens with one attached hydrogen (secondary N) is 1. The lowest BCUT2D eigenvalue weighted by Gasteiger charge is -2.08. The van der Waals surface area contributed by atoms with Crippen LogP contribution in [0.25, 0.3) is 0 Å². The predicted molar refractivity (Wildman–Crippen MR) is 67.6 cm³/mol. The maximum atomic E-state index is 11.5. The predicted octanol–water partition coefficient (Wildman–Crippen LogP) is 2.45. The molecular weight excluding hydrogens is 242 g/mol. The zero-order valence-corrected chi connectivity index (χ0v) is 10.5. The molecule has 0 bridgehead atoms. The number of carbonyl (C=O) groups excluding carboxylic acids is 1. The molecule has 0 radical (unpaired) electrons. The first-order valence-electron chi connectivity index (χ1n) is 5.41. The highest BCUT2D eigenvalue weighted by Gasteiger charge is 2.06. The van der Waals surface area contributed by atoms with E-state index in [1.165, 1.54) is 0 Å². The van der Waals surface area contributed by atoms with Gasteiger partial charge in [-0.05, 0) is 25.0 Å². The summed E-state index contributed by atoms with van der Waals surface area (Å²) in [6.45, 7) is 0.104.